The van der Waals surface area contributed by atoms with Gasteiger partial charge in [0, 0.05) is 23.5 Å². The molecule has 2 aromatic carbocycles. The molecule has 3 aromatic heterocycles. The summed E-state index contributed by atoms with van der Waals surface area (Å²) in [6.07, 6.45) is -1.01. The van der Waals surface area contributed by atoms with Crippen LogP contribution in [-0.4, -0.2) is 29.9 Å². The Kier molecular flexibility index (Phi) is 6.08. The number of thioether (sulfide) groups is 1. The number of halogens is 3. The van der Waals surface area contributed by atoms with E-state index in [1.807, 2.05) is 47.9 Å². The summed E-state index contributed by atoms with van der Waals surface area (Å²) in [5.41, 5.74) is 2.54. The van der Waals surface area contributed by atoms with E-state index < -0.39 is 11.7 Å². The van der Waals surface area contributed by atoms with E-state index in [9.17, 15) is 13.2 Å². The fraction of sp³-hybridized carbons (Fsp3) is 0.125. The highest BCUT2D eigenvalue weighted by Gasteiger charge is 2.30. The molecule has 11 heteroatoms. The minimum absolute atomic E-state index is 0.215. The maximum absolute atomic E-state index is 12.8. The molecule has 176 valence electrons. The number of para-hydroxylation sites is 1. The third-order valence-electron chi connectivity index (χ3n) is 5.19. The Morgan fingerprint density at radius 1 is 0.914 bits per heavy atom. The van der Waals surface area contributed by atoms with Crippen LogP contribution in [0.3, 0.4) is 0 Å². The van der Waals surface area contributed by atoms with Crippen molar-refractivity contribution in [2.24, 2.45) is 0 Å². The molecule has 0 saturated heterocycles. The number of alkyl halides is 3. The summed E-state index contributed by atoms with van der Waals surface area (Å²) in [5, 5.41) is 13.3. The van der Waals surface area contributed by atoms with Crippen molar-refractivity contribution in [3.63, 3.8) is 0 Å². The van der Waals surface area contributed by atoms with Gasteiger partial charge in [-0.2, -0.15) is 18.2 Å². The SMILES string of the molecule is Cc1ccccc1-n1c(SCc2nc(-c3ccc(C(F)(F)F)cc3)no2)nnc1-c1ccncc1. The first-order valence-corrected chi connectivity index (χ1v) is 11.4. The third-order valence-corrected chi connectivity index (χ3v) is 6.11. The maximum Gasteiger partial charge on any atom is 0.416 e. The summed E-state index contributed by atoms with van der Waals surface area (Å²) in [6, 6.07) is 16.3. The molecule has 0 fully saturated rings. The lowest BCUT2D eigenvalue weighted by Crippen LogP contribution is -2.04. The highest BCUT2D eigenvalue weighted by Crippen LogP contribution is 2.32. The van der Waals surface area contributed by atoms with Crippen LogP contribution in [0.25, 0.3) is 28.5 Å². The number of hydrogen-bond donors (Lipinski definition) is 0. The minimum atomic E-state index is -4.40. The standard InChI is InChI=1S/C24H17F3N6OS/c1-15-4-2-3-5-19(15)33-22(17-10-12-28-13-11-17)30-31-23(33)35-14-20-29-21(32-34-20)16-6-8-18(9-7-16)24(25,26)27/h2-13H,14H2,1H3. The zero-order chi connectivity index (χ0) is 24.4. The van der Waals surface area contributed by atoms with Crippen LogP contribution < -0.4 is 0 Å². The molecular weight excluding hydrogens is 477 g/mol. The van der Waals surface area contributed by atoms with Crippen LogP contribution >= 0.6 is 11.8 Å². The average molecular weight is 495 g/mol. The Balaban J connectivity index is 1.41. The van der Waals surface area contributed by atoms with Gasteiger partial charge < -0.3 is 4.52 Å². The normalized spacial score (nSPS) is 11.7. The highest BCUT2D eigenvalue weighted by molar-refractivity contribution is 7.98. The Hall–Kier alpha value is -3.99. The van der Waals surface area contributed by atoms with Gasteiger partial charge >= 0.3 is 6.18 Å². The van der Waals surface area contributed by atoms with E-state index in [0.29, 0.717) is 28.2 Å². The van der Waals surface area contributed by atoms with Gasteiger partial charge in [-0.1, -0.05) is 47.3 Å². The lowest BCUT2D eigenvalue weighted by atomic mass is 10.1. The lowest BCUT2D eigenvalue weighted by molar-refractivity contribution is -0.137. The Morgan fingerprint density at radius 3 is 2.37 bits per heavy atom. The molecule has 35 heavy (non-hydrogen) atoms. The van der Waals surface area contributed by atoms with Crippen molar-refractivity contribution >= 4 is 11.8 Å². The van der Waals surface area contributed by atoms with Crippen LogP contribution in [0.2, 0.25) is 0 Å². The Morgan fingerprint density at radius 2 is 1.66 bits per heavy atom. The van der Waals surface area contributed by atoms with Gasteiger partial charge in [-0.25, -0.2) is 0 Å². The Labute approximate surface area is 202 Å². The monoisotopic (exact) mass is 494 g/mol. The lowest BCUT2D eigenvalue weighted by Gasteiger charge is -2.12. The molecule has 0 saturated carbocycles. The summed E-state index contributed by atoms with van der Waals surface area (Å²) >= 11 is 1.36. The van der Waals surface area contributed by atoms with Gasteiger partial charge in [-0.15, -0.1) is 10.2 Å². The number of hydrogen-bond acceptors (Lipinski definition) is 7. The van der Waals surface area contributed by atoms with E-state index >= 15 is 0 Å². The number of rotatable bonds is 6. The zero-order valence-electron chi connectivity index (χ0n) is 18.3. The predicted molar refractivity (Wildman–Crippen MR) is 124 cm³/mol. The molecule has 0 unspecified atom stereocenters. The first kappa shape index (κ1) is 22.8. The molecule has 0 amide bonds. The second kappa shape index (κ2) is 9.34. The number of nitrogens with zero attached hydrogens (tertiary/aromatic N) is 6. The predicted octanol–water partition coefficient (Wildman–Crippen LogP) is 6.00. The number of aryl methyl sites for hydroxylation is 1. The summed E-state index contributed by atoms with van der Waals surface area (Å²) < 4.78 is 45.7. The van der Waals surface area contributed by atoms with Crippen LogP contribution in [0.4, 0.5) is 13.2 Å². The molecule has 3 heterocycles. The van der Waals surface area contributed by atoms with Gasteiger partial charge in [-0.05, 0) is 42.8 Å². The highest BCUT2D eigenvalue weighted by atomic mass is 32.2. The smallest absolute Gasteiger partial charge is 0.338 e. The van der Waals surface area contributed by atoms with Gasteiger partial charge in [0.25, 0.3) is 0 Å². The molecule has 0 aliphatic heterocycles. The first-order valence-electron chi connectivity index (χ1n) is 10.4. The minimum Gasteiger partial charge on any atom is -0.338 e. The number of benzene rings is 2. The van der Waals surface area contributed by atoms with Gasteiger partial charge in [0.05, 0.1) is 17.0 Å². The quantitative estimate of drug-likeness (QED) is 0.268. The molecule has 0 aliphatic carbocycles. The van der Waals surface area contributed by atoms with E-state index in [2.05, 4.69) is 25.3 Å². The fourth-order valence-electron chi connectivity index (χ4n) is 3.45. The van der Waals surface area contributed by atoms with Crippen molar-refractivity contribution in [1.29, 1.82) is 0 Å². The zero-order valence-corrected chi connectivity index (χ0v) is 19.1. The van der Waals surface area contributed by atoms with Crippen LogP contribution in [0.15, 0.2) is 82.7 Å². The van der Waals surface area contributed by atoms with Gasteiger partial charge in [-0.3, -0.25) is 9.55 Å². The molecular formula is C24H17F3N6OS. The number of aromatic nitrogens is 6. The second-order valence-corrected chi connectivity index (χ2v) is 8.48. The van der Waals surface area contributed by atoms with Crippen molar-refractivity contribution in [2.75, 3.05) is 0 Å². The maximum atomic E-state index is 12.8. The van der Waals surface area contributed by atoms with Gasteiger partial charge in [0.1, 0.15) is 0 Å². The van der Waals surface area contributed by atoms with Crippen LogP contribution in [-0.2, 0) is 11.9 Å². The van der Waals surface area contributed by atoms with Crippen molar-refractivity contribution in [2.45, 2.75) is 24.0 Å². The molecule has 0 radical (unpaired) electrons. The molecule has 7 nitrogen and oxygen atoms in total. The Bertz CT molecular complexity index is 1450. The largest absolute Gasteiger partial charge is 0.416 e. The summed E-state index contributed by atoms with van der Waals surface area (Å²) in [7, 11) is 0. The van der Waals surface area contributed by atoms with Crippen LogP contribution in [0, 0.1) is 6.92 Å². The first-order chi connectivity index (χ1) is 16.9. The van der Waals surface area contributed by atoms with Crippen molar-refractivity contribution in [3.05, 3.63) is 90.1 Å². The topological polar surface area (TPSA) is 82.5 Å². The summed E-state index contributed by atoms with van der Waals surface area (Å²) in [5.74, 6) is 1.50. The molecule has 5 rings (SSSR count). The van der Waals surface area contributed by atoms with E-state index in [1.54, 1.807) is 12.4 Å². The molecule has 0 N–H and O–H groups in total. The van der Waals surface area contributed by atoms with E-state index in [1.165, 1.54) is 23.9 Å². The molecule has 0 aliphatic rings. The summed E-state index contributed by atoms with van der Waals surface area (Å²) in [6.45, 7) is 2.01. The van der Waals surface area contributed by atoms with Crippen LogP contribution in [0.5, 0.6) is 0 Å². The van der Waals surface area contributed by atoms with E-state index in [-0.39, 0.29) is 5.82 Å². The van der Waals surface area contributed by atoms with E-state index in [0.717, 1.165) is 28.9 Å². The molecule has 0 spiro atoms. The van der Waals surface area contributed by atoms with Crippen LogP contribution in [0.1, 0.15) is 17.0 Å². The second-order valence-electron chi connectivity index (χ2n) is 7.54. The number of pyridine rings is 1. The van der Waals surface area contributed by atoms with Crippen molar-refractivity contribution in [1.82, 2.24) is 29.9 Å². The van der Waals surface area contributed by atoms with Crippen molar-refractivity contribution in [3.8, 4) is 28.5 Å². The van der Waals surface area contributed by atoms with Gasteiger partial charge in [0.2, 0.25) is 11.7 Å². The molecule has 0 bridgehead atoms. The fourth-order valence-corrected chi connectivity index (χ4v) is 4.23. The third kappa shape index (κ3) is 4.80. The van der Waals surface area contributed by atoms with Crippen molar-refractivity contribution < 1.29 is 17.7 Å². The summed E-state index contributed by atoms with van der Waals surface area (Å²) in [4.78, 5) is 8.40. The van der Waals surface area contributed by atoms with E-state index in [4.69, 9.17) is 4.52 Å². The molecule has 5 aromatic rings. The average Bonchev–Trinajstić information content (AvgIpc) is 3.50. The van der Waals surface area contributed by atoms with Gasteiger partial charge in [0.15, 0.2) is 11.0 Å². The molecule has 0 atom stereocenters.